The van der Waals surface area contributed by atoms with E-state index in [2.05, 4.69) is 5.32 Å². The molecule has 0 radical (unpaired) electrons. The molecule has 0 fully saturated rings. The summed E-state index contributed by atoms with van der Waals surface area (Å²) >= 11 is 5.97. The minimum atomic E-state index is -0.377. The quantitative estimate of drug-likeness (QED) is 0.681. The molecule has 3 aromatic rings. The Kier molecular flexibility index (Phi) is 4.88. The molecule has 0 saturated heterocycles. The van der Waals surface area contributed by atoms with Gasteiger partial charge in [-0.2, -0.15) is 0 Å². The van der Waals surface area contributed by atoms with Crippen LogP contribution in [0.15, 0.2) is 72.8 Å². The van der Waals surface area contributed by atoms with Crippen molar-refractivity contribution < 1.29 is 9.59 Å². The Labute approximate surface area is 168 Å². The minimum Gasteiger partial charge on any atom is -0.324 e. The van der Waals surface area contributed by atoms with Crippen molar-refractivity contribution in [1.82, 2.24) is 4.90 Å². The molecule has 1 aliphatic heterocycles. The van der Waals surface area contributed by atoms with Gasteiger partial charge in [0.25, 0.3) is 5.91 Å². The van der Waals surface area contributed by atoms with Crippen LogP contribution < -0.4 is 5.32 Å². The van der Waals surface area contributed by atoms with Gasteiger partial charge in [-0.25, -0.2) is 0 Å². The largest absolute Gasteiger partial charge is 0.324 e. The number of fused-ring (bicyclic) bond motifs is 1. The predicted molar refractivity (Wildman–Crippen MR) is 111 cm³/mol. The van der Waals surface area contributed by atoms with Crippen molar-refractivity contribution in [3.8, 4) is 0 Å². The van der Waals surface area contributed by atoms with Crippen LogP contribution in [0.5, 0.6) is 0 Å². The lowest BCUT2D eigenvalue weighted by atomic mass is 9.94. The van der Waals surface area contributed by atoms with Gasteiger partial charge in [-0.05, 0) is 42.8 Å². The molecule has 4 rings (SSSR count). The van der Waals surface area contributed by atoms with Gasteiger partial charge < -0.3 is 10.2 Å². The van der Waals surface area contributed by atoms with Crippen LogP contribution in [0.2, 0.25) is 5.02 Å². The predicted octanol–water partition coefficient (Wildman–Crippen LogP) is 4.83. The lowest BCUT2D eigenvalue weighted by Gasteiger charge is -2.31. The first-order valence-corrected chi connectivity index (χ1v) is 9.42. The van der Waals surface area contributed by atoms with Gasteiger partial charge in [0.2, 0.25) is 5.91 Å². The van der Waals surface area contributed by atoms with E-state index >= 15 is 0 Å². The molecule has 28 heavy (non-hydrogen) atoms. The summed E-state index contributed by atoms with van der Waals surface area (Å²) in [6, 6.07) is 22.0. The van der Waals surface area contributed by atoms with E-state index in [9.17, 15) is 9.59 Å². The first kappa shape index (κ1) is 18.3. The molecule has 5 heteroatoms. The van der Waals surface area contributed by atoms with Gasteiger partial charge in [-0.1, -0.05) is 59.6 Å². The second kappa shape index (κ2) is 7.49. The maximum Gasteiger partial charge on any atom is 0.255 e. The molecule has 4 nitrogen and oxygen atoms in total. The first-order chi connectivity index (χ1) is 13.5. The lowest BCUT2D eigenvalue weighted by molar-refractivity contribution is -0.117. The molecular weight excluding hydrogens is 372 g/mol. The summed E-state index contributed by atoms with van der Waals surface area (Å²) in [7, 11) is 0. The van der Waals surface area contributed by atoms with E-state index < -0.39 is 0 Å². The summed E-state index contributed by atoms with van der Waals surface area (Å²) < 4.78 is 0. The molecule has 1 atom stereocenters. The summed E-state index contributed by atoms with van der Waals surface area (Å²) in [5.41, 5.74) is 4.15. The Morgan fingerprint density at radius 3 is 2.46 bits per heavy atom. The van der Waals surface area contributed by atoms with Crippen molar-refractivity contribution in [2.45, 2.75) is 13.0 Å². The average molecular weight is 391 g/mol. The smallest absolute Gasteiger partial charge is 0.255 e. The summed E-state index contributed by atoms with van der Waals surface area (Å²) in [5.74, 6) is -0.430. The number of carbonyl (C=O) groups excluding carboxylic acids is 2. The number of nitrogens with zero attached hydrogens (tertiary/aromatic N) is 1. The molecule has 3 aromatic carbocycles. The van der Waals surface area contributed by atoms with Gasteiger partial charge in [0.1, 0.15) is 6.54 Å². The molecule has 1 N–H and O–H groups in total. The number of amides is 2. The van der Waals surface area contributed by atoms with Crippen molar-refractivity contribution in [2.24, 2.45) is 0 Å². The van der Waals surface area contributed by atoms with Crippen molar-refractivity contribution >= 4 is 29.1 Å². The number of rotatable bonds is 2. The number of hydrogen-bond donors (Lipinski definition) is 1. The zero-order chi connectivity index (χ0) is 19.7. The minimum absolute atomic E-state index is 0.0330. The molecule has 1 heterocycles. The molecule has 0 bridgehead atoms. The Hall–Kier alpha value is -3.11. The van der Waals surface area contributed by atoms with Crippen LogP contribution in [0, 0.1) is 6.92 Å². The maximum atomic E-state index is 13.4. The van der Waals surface area contributed by atoms with Gasteiger partial charge in [-0.3, -0.25) is 9.59 Å². The number of aryl methyl sites for hydroxylation is 1. The number of anilines is 1. The van der Waals surface area contributed by atoms with E-state index in [1.54, 1.807) is 29.2 Å². The number of halogens is 1. The standard InChI is InChI=1S/C23H19ClN2O2/c1-15-7-12-20-19(13-15)22(16-5-3-2-4-6-16)26(14-21(27)25-20)23(28)17-8-10-18(24)11-9-17/h2-13,22H,14H2,1H3,(H,25,27)/t22-/m0/s1. The summed E-state index contributed by atoms with van der Waals surface area (Å²) in [6.07, 6.45) is 0. The van der Waals surface area contributed by atoms with E-state index in [0.29, 0.717) is 10.6 Å². The summed E-state index contributed by atoms with van der Waals surface area (Å²) in [6.45, 7) is 1.97. The highest BCUT2D eigenvalue weighted by Crippen LogP contribution is 2.37. The average Bonchev–Trinajstić information content (AvgIpc) is 2.84. The number of carbonyl (C=O) groups is 2. The van der Waals surface area contributed by atoms with E-state index in [1.165, 1.54) is 0 Å². The van der Waals surface area contributed by atoms with Crippen molar-refractivity contribution in [3.63, 3.8) is 0 Å². The third-order valence-corrected chi connectivity index (χ3v) is 5.12. The fourth-order valence-electron chi connectivity index (χ4n) is 3.57. The van der Waals surface area contributed by atoms with Gasteiger partial charge in [-0.15, -0.1) is 0 Å². The molecule has 2 amide bonds. The molecule has 140 valence electrons. The van der Waals surface area contributed by atoms with Crippen LogP contribution in [0.4, 0.5) is 5.69 Å². The van der Waals surface area contributed by atoms with Gasteiger partial charge in [0.15, 0.2) is 0 Å². The van der Waals surface area contributed by atoms with Crippen molar-refractivity contribution in [1.29, 1.82) is 0 Å². The molecule has 1 aliphatic rings. The number of nitrogens with one attached hydrogen (secondary N) is 1. The van der Waals surface area contributed by atoms with Gasteiger partial charge >= 0.3 is 0 Å². The SMILES string of the molecule is Cc1ccc2c(c1)[C@H](c1ccccc1)N(C(=O)c1ccc(Cl)cc1)CC(=O)N2. The normalized spacial score (nSPS) is 16.1. The fourth-order valence-corrected chi connectivity index (χ4v) is 3.69. The monoisotopic (exact) mass is 390 g/mol. The van der Waals surface area contributed by atoms with E-state index in [4.69, 9.17) is 11.6 Å². The summed E-state index contributed by atoms with van der Waals surface area (Å²) in [4.78, 5) is 27.6. The number of benzene rings is 3. The molecule has 0 saturated carbocycles. The molecule has 0 spiro atoms. The van der Waals surface area contributed by atoms with E-state index in [1.807, 2.05) is 55.5 Å². The zero-order valence-electron chi connectivity index (χ0n) is 15.4. The van der Waals surface area contributed by atoms with Crippen molar-refractivity contribution in [3.05, 3.63) is 100 Å². The Bertz CT molecular complexity index is 1030. The van der Waals surface area contributed by atoms with Gasteiger partial charge in [0.05, 0.1) is 6.04 Å². The molecule has 0 unspecified atom stereocenters. The third kappa shape index (κ3) is 3.51. The first-order valence-electron chi connectivity index (χ1n) is 9.05. The van der Waals surface area contributed by atoms with Crippen LogP contribution in [0.3, 0.4) is 0 Å². The zero-order valence-corrected chi connectivity index (χ0v) is 16.1. The highest BCUT2D eigenvalue weighted by molar-refractivity contribution is 6.30. The Morgan fingerprint density at radius 2 is 1.75 bits per heavy atom. The van der Waals surface area contributed by atoms with Crippen LogP contribution in [-0.4, -0.2) is 23.3 Å². The molecule has 0 aliphatic carbocycles. The van der Waals surface area contributed by atoms with Crippen LogP contribution in [-0.2, 0) is 4.79 Å². The highest BCUT2D eigenvalue weighted by atomic mass is 35.5. The van der Waals surface area contributed by atoms with Crippen LogP contribution in [0.25, 0.3) is 0 Å². The van der Waals surface area contributed by atoms with Gasteiger partial charge in [0, 0.05) is 21.8 Å². The van der Waals surface area contributed by atoms with Crippen LogP contribution >= 0.6 is 11.6 Å². The van der Waals surface area contributed by atoms with Crippen molar-refractivity contribution in [2.75, 3.05) is 11.9 Å². The molecular formula is C23H19ClN2O2. The highest BCUT2D eigenvalue weighted by Gasteiger charge is 2.33. The lowest BCUT2D eigenvalue weighted by Crippen LogP contribution is -2.39. The van der Waals surface area contributed by atoms with E-state index in [-0.39, 0.29) is 24.4 Å². The third-order valence-electron chi connectivity index (χ3n) is 4.87. The molecule has 0 aromatic heterocycles. The fraction of sp³-hybridized carbons (Fsp3) is 0.130. The van der Waals surface area contributed by atoms with E-state index in [0.717, 1.165) is 22.4 Å². The number of hydrogen-bond acceptors (Lipinski definition) is 2. The maximum absolute atomic E-state index is 13.4. The Balaban J connectivity index is 1.88. The second-order valence-electron chi connectivity index (χ2n) is 6.89. The second-order valence-corrected chi connectivity index (χ2v) is 7.33. The Morgan fingerprint density at radius 1 is 1.04 bits per heavy atom. The topological polar surface area (TPSA) is 49.4 Å². The summed E-state index contributed by atoms with van der Waals surface area (Å²) in [5, 5.41) is 3.50. The van der Waals surface area contributed by atoms with Crippen LogP contribution in [0.1, 0.15) is 33.1 Å².